The maximum atomic E-state index is 12.6. The van der Waals surface area contributed by atoms with Crippen molar-refractivity contribution in [2.45, 2.75) is 38.7 Å². The number of nitrogens with zero attached hydrogens (tertiary/aromatic N) is 2. The summed E-state index contributed by atoms with van der Waals surface area (Å²) in [5.41, 5.74) is 0.738. The summed E-state index contributed by atoms with van der Waals surface area (Å²) in [5, 5.41) is 0. The van der Waals surface area contributed by atoms with Crippen molar-refractivity contribution >= 4 is 27.5 Å². The lowest BCUT2D eigenvalue weighted by Crippen LogP contribution is -2.32. The molecule has 8 heteroatoms. The number of ether oxygens (including phenoxy) is 1. The number of carbonyl (C=O) groups excluding carboxylic acids is 2. The maximum Gasteiger partial charge on any atom is 0.253 e. The van der Waals surface area contributed by atoms with Crippen LogP contribution in [0.15, 0.2) is 24.3 Å². The highest BCUT2D eigenvalue weighted by atomic mass is 32.2. The lowest BCUT2D eigenvalue weighted by atomic mass is 10.1. The van der Waals surface area contributed by atoms with Gasteiger partial charge in [0.2, 0.25) is 15.9 Å². The van der Waals surface area contributed by atoms with E-state index < -0.39 is 21.8 Å². The van der Waals surface area contributed by atoms with Crippen LogP contribution in [-0.2, 0) is 19.6 Å². The fourth-order valence-corrected chi connectivity index (χ4v) is 5.34. The first kappa shape index (κ1) is 19.8. The van der Waals surface area contributed by atoms with Gasteiger partial charge in [-0.05, 0) is 49.9 Å². The molecule has 2 aliphatic rings. The molecule has 148 valence electrons. The molecule has 0 bridgehead atoms. The maximum absolute atomic E-state index is 12.6. The number of hydrogen-bond donors (Lipinski definition) is 0. The Bertz CT molecular complexity index is 800. The summed E-state index contributed by atoms with van der Waals surface area (Å²) < 4.78 is 30.9. The van der Waals surface area contributed by atoms with E-state index in [1.165, 1.54) is 18.6 Å². The van der Waals surface area contributed by atoms with Crippen LogP contribution in [0.2, 0.25) is 0 Å². The van der Waals surface area contributed by atoms with Crippen LogP contribution in [0.25, 0.3) is 0 Å². The molecule has 2 amide bonds. The van der Waals surface area contributed by atoms with Crippen molar-refractivity contribution in [2.75, 3.05) is 30.3 Å². The standard InChI is InChI=1S/C19H26N2O5S/c1-14-13-27(24,25)21(18(14)22)16-8-6-15(7-9-16)19(23)20(2)11-10-17-5-3-4-12-26-17/h6-9,14,17H,3-5,10-13H2,1-2H3. The summed E-state index contributed by atoms with van der Waals surface area (Å²) in [6.45, 7) is 2.99. The molecule has 0 N–H and O–H groups in total. The Kier molecular flexibility index (Phi) is 5.86. The molecule has 2 atom stereocenters. The number of benzene rings is 1. The van der Waals surface area contributed by atoms with E-state index in [-0.39, 0.29) is 23.5 Å². The topological polar surface area (TPSA) is 84.0 Å². The van der Waals surface area contributed by atoms with Crippen LogP contribution in [0.3, 0.4) is 0 Å². The Morgan fingerprint density at radius 2 is 1.96 bits per heavy atom. The Morgan fingerprint density at radius 1 is 1.26 bits per heavy atom. The second-order valence-electron chi connectivity index (χ2n) is 7.33. The summed E-state index contributed by atoms with van der Waals surface area (Å²) >= 11 is 0. The molecule has 2 aliphatic heterocycles. The molecule has 7 nitrogen and oxygen atoms in total. The largest absolute Gasteiger partial charge is 0.378 e. The zero-order valence-electron chi connectivity index (χ0n) is 15.8. The van der Waals surface area contributed by atoms with Crippen molar-refractivity contribution in [1.29, 1.82) is 0 Å². The fourth-order valence-electron chi connectivity index (χ4n) is 3.52. The van der Waals surface area contributed by atoms with Gasteiger partial charge in [-0.3, -0.25) is 9.59 Å². The molecule has 27 heavy (non-hydrogen) atoms. The van der Waals surface area contributed by atoms with Gasteiger partial charge in [0.05, 0.1) is 23.5 Å². The highest BCUT2D eigenvalue weighted by molar-refractivity contribution is 7.94. The normalized spacial score (nSPS) is 24.8. The predicted molar refractivity (Wildman–Crippen MR) is 102 cm³/mol. The lowest BCUT2D eigenvalue weighted by Gasteiger charge is -2.25. The third-order valence-electron chi connectivity index (χ3n) is 5.12. The van der Waals surface area contributed by atoms with Gasteiger partial charge in [0.15, 0.2) is 0 Å². The SMILES string of the molecule is CC1CS(=O)(=O)N(c2ccc(C(=O)N(C)CCC3CCCCO3)cc2)C1=O. The van der Waals surface area contributed by atoms with Crippen LogP contribution in [0.5, 0.6) is 0 Å². The molecule has 1 aromatic carbocycles. The highest BCUT2D eigenvalue weighted by Gasteiger charge is 2.41. The summed E-state index contributed by atoms with van der Waals surface area (Å²) in [7, 11) is -1.89. The van der Waals surface area contributed by atoms with Crippen LogP contribution in [-0.4, -0.2) is 57.2 Å². The zero-order chi connectivity index (χ0) is 19.6. The number of hydrogen-bond acceptors (Lipinski definition) is 5. The van der Waals surface area contributed by atoms with Crippen LogP contribution >= 0.6 is 0 Å². The average Bonchev–Trinajstić information content (AvgIpc) is 2.87. The van der Waals surface area contributed by atoms with E-state index in [0.29, 0.717) is 12.1 Å². The number of carbonyl (C=O) groups is 2. The molecule has 0 saturated carbocycles. The second-order valence-corrected chi connectivity index (χ2v) is 9.20. The fraction of sp³-hybridized carbons (Fsp3) is 0.579. The van der Waals surface area contributed by atoms with Crippen LogP contribution in [0.1, 0.15) is 43.0 Å². The Morgan fingerprint density at radius 3 is 2.52 bits per heavy atom. The summed E-state index contributed by atoms with van der Waals surface area (Å²) in [4.78, 5) is 26.4. The van der Waals surface area contributed by atoms with Gasteiger partial charge in [0.25, 0.3) is 5.91 Å². The number of rotatable bonds is 5. The third-order valence-corrected chi connectivity index (χ3v) is 6.98. The smallest absolute Gasteiger partial charge is 0.253 e. The predicted octanol–water partition coefficient (Wildman–Crippen LogP) is 2.03. The minimum atomic E-state index is -3.63. The van der Waals surface area contributed by atoms with Gasteiger partial charge < -0.3 is 9.64 Å². The molecule has 1 aromatic rings. The van der Waals surface area contributed by atoms with E-state index in [2.05, 4.69) is 0 Å². The summed E-state index contributed by atoms with van der Waals surface area (Å²) in [5.74, 6) is -1.30. The van der Waals surface area contributed by atoms with Gasteiger partial charge in [-0.15, -0.1) is 0 Å². The quantitative estimate of drug-likeness (QED) is 0.763. The van der Waals surface area contributed by atoms with Gasteiger partial charge >= 0.3 is 0 Å². The molecule has 0 spiro atoms. The average molecular weight is 394 g/mol. The Hall–Kier alpha value is -1.93. The molecule has 2 saturated heterocycles. The lowest BCUT2D eigenvalue weighted by molar-refractivity contribution is -0.119. The molecule has 2 heterocycles. The molecular weight excluding hydrogens is 368 g/mol. The van der Waals surface area contributed by atoms with Crippen molar-refractivity contribution in [2.24, 2.45) is 5.92 Å². The van der Waals surface area contributed by atoms with Crippen LogP contribution in [0.4, 0.5) is 5.69 Å². The van der Waals surface area contributed by atoms with E-state index in [1.54, 1.807) is 31.0 Å². The second kappa shape index (κ2) is 7.98. The van der Waals surface area contributed by atoms with E-state index in [4.69, 9.17) is 4.74 Å². The van der Waals surface area contributed by atoms with Crippen molar-refractivity contribution < 1.29 is 22.7 Å². The first-order chi connectivity index (χ1) is 12.8. The van der Waals surface area contributed by atoms with Crippen molar-refractivity contribution in [3.63, 3.8) is 0 Å². The highest BCUT2D eigenvalue weighted by Crippen LogP contribution is 2.28. The van der Waals surface area contributed by atoms with E-state index in [9.17, 15) is 18.0 Å². The number of anilines is 1. The molecular formula is C19H26N2O5S. The number of sulfonamides is 1. The van der Waals surface area contributed by atoms with Gasteiger partial charge in [0, 0.05) is 25.8 Å². The zero-order valence-corrected chi connectivity index (χ0v) is 16.6. The van der Waals surface area contributed by atoms with E-state index in [0.717, 1.165) is 30.2 Å². The van der Waals surface area contributed by atoms with Gasteiger partial charge in [0.1, 0.15) is 0 Å². The van der Waals surface area contributed by atoms with Crippen LogP contribution < -0.4 is 4.31 Å². The molecule has 2 unspecified atom stereocenters. The van der Waals surface area contributed by atoms with Gasteiger partial charge in [-0.2, -0.15) is 0 Å². The van der Waals surface area contributed by atoms with Crippen molar-refractivity contribution in [3.05, 3.63) is 29.8 Å². The molecule has 2 fully saturated rings. The summed E-state index contributed by atoms with van der Waals surface area (Å²) in [6, 6.07) is 6.16. The molecule has 0 aromatic heterocycles. The van der Waals surface area contributed by atoms with Gasteiger partial charge in [-0.25, -0.2) is 12.7 Å². The first-order valence-electron chi connectivity index (χ1n) is 9.33. The van der Waals surface area contributed by atoms with Crippen molar-refractivity contribution in [3.8, 4) is 0 Å². The molecule has 0 radical (unpaired) electrons. The molecule has 0 aliphatic carbocycles. The van der Waals surface area contributed by atoms with Crippen molar-refractivity contribution in [1.82, 2.24) is 4.90 Å². The van der Waals surface area contributed by atoms with Crippen LogP contribution in [0, 0.1) is 5.92 Å². The minimum absolute atomic E-state index is 0.138. The third kappa shape index (κ3) is 4.32. The van der Waals surface area contributed by atoms with Gasteiger partial charge in [-0.1, -0.05) is 6.92 Å². The number of amides is 2. The van der Waals surface area contributed by atoms with E-state index in [1.807, 2.05) is 0 Å². The Labute approximate surface area is 160 Å². The first-order valence-corrected chi connectivity index (χ1v) is 10.9. The Balaban J connectivity index is 1.64. The minimum Gasteiger partial charge on any atom is -0.378 e. The van der Waals surface area contributed by atoms with E-state index >= 15 is 0 Å². The summed E-state index contributed by atoms with van der Waals surface area (Å²) in [6.07, 6.45) is 4.32. The monoisotopic (exact) mass is 394 g/mol. The molecule has 3 rings (SSSR count).